The number of hydrogen-bond donors (Lipinski definition) is 0. The van der Waals surface area contributed by atoms with Gasteiger partial charge in [0.25, 0.3) is 0 Å². The predicted octanol–water partition coefficient (Wildman–Crippen LogP) is 3.26. The Kier molecular flexibility index (Phi) is 7.21. The van der Waals surface area contributed by atoms with Crippen LogP contribution in [0, 0.1) is 5.92 Å². The minimum absolute atomic E-state index is 0.288. The lowest BCUT2D eigenvalue weighted by molar-refractivity contribution is -0.134. The van der Waals surface area contributed by atoms with Crippen molar-refractivity contribution in [3.8, 4) is 0 Å². The highest BCUT2D eigenvalue weighted by molar-refractivity contribution is 5.99. The van der Waals surface area contributed by atoms with Crippen molar-refractivity contribution in [3.63, 3.8) is 0 Å². The fourth-order valence-corrected chi connectivity index (χ4v) is 5.55. The summed E-state index contributed by atoms with van der Waals surface area (Å²) in [6.45, 7) is 6.52. The molecule has 2 aliphatic heterocycles. The van der Waals surface area contributed by atoms with Crippen molar-refractivity contribution in [3.05, 3.63) is 41.6 Å². The van der Waals surface area contributed by atoms with E-state index in [1.807, 2.05) is 18.5 Å². The van der Waals surface area contributed by atoms with E-state index >= 15 is 0 Å². The van der Waals surface area contributed by atoms with Crippen molar-refractivity contribution in [1.29, 1.82) is 0 Å². The standard InChI is InChI=1S/C26H37N5O/c1-19-14-21(23-8-7-20(15-27-2)26-24(23)6-5-11-28-26)17-30(16-19)18-25(32)31-12-9-22(10-13-31)29(3)4/h5-8,11,15,19,21-22H,9-10,12-14,16-18H2,1-4H3/t19-,21-/m1/s1. The van der Waals surface area contributed by atoms with E-state index < -0.39 is 0 Å². The Morgan fingerprint density at radius 3 is 2.72 bits per heavy atom. The molecule has 2 saturated heterocycles. The molecule has 3 heterocycles. The topological polar surface area (TPSA) is 52.0 Å². The number of aromatic nitrogens is 1. The Hall–Kier alpha value is -2.31. The lowest BCUT2D eigenvalue weighted by Gasteiger charge is -2.39. The quantitative estimate of drug-likeness (QED) is 0.677. The van der Waals surface area contributed by atoms with E-state index in [4.69, 9.17) is 0 Å². The molecule has 172 valence electrons. The van der Waals surface area contributed by atoms with Crippen molar-refractivity contribution >= 4 is 23.0 Å². The lowest BCUT2D eigenvalue weighted by atomic mass is 9.83. The van der Waals surface area contributed by atoms with Gasteiger partial charge in [0.2, 0.25) is 5.91 Å². The molecule has 0 saturated carbocycles. The molecule has 0 bridgehead atoms. The Balaban J connectivity index is 1.47. The van der Waals surface area contributed by atoms with E-state index in [1.54, 1.807) is 7.05 Å². The minimum Gasteiger partial charge on any atom is -0.341 e. The van der Waals surface area contributed by atoms with Gasteiger partial charge in [0.15, 0.2) is 0 Å². The van der Waals surface area contributed by atoms with Crippen LogP contribution in [-0.4, -0.2) is 91.7 Å². The molecule has 6 heteroatoms. The van der Waals surface area contributed by atoms with Crippen LogP contribution < -0.4 is 0 Å². The Bertz CT molecular complexity index is 964. The summed E-state index contributed by atoms with van der Waals surface area (Å²) in [5, 5.41) is 1.21. The van der Waals surface area contributed by atoms with Gasteiger partial charge in [-0.3, -0.25) is 19.7 Å². The molecule has 0 unspecified atom stereocenters. The monoisotopic (exact) mass is 435 g/mol. The second kappa shape index (κ2) is 10.1. The average molecular weight is 436 g/mol. The van der Waals surface area contributed by atoms with Crippen molar-refractivity contribution in [2.24, 2.45) is 10.9 Å². The van der Waals surface area contributed by atoms with E-state index in [2.05, 4.69) is 63.9 Å². The predicted molar refractivity (Wildman–Crippen MR) is 132 cm³/mol. The summed E-state index contributed by atoms with van der Waals surface area (Å²) in [6, 6.07) is 9.18. The number of carbonyl (C=O) groups is 1. The van der Waals surface area contributed by atoms with Gasteiger partial charge in [0, 0.05) is 62.6 Å². The van der Waals surface area contributed by atoms with Crippen LogP contribution in [0.2, 0.25) is 0 Å². The molecule has 0 aliphatic carbocycles. The summed E-state index contributed by atoms with van der Waals surface area (Å²) in [4.78, 5) is 28.7. The zero-order valence-corrected chi connectivity index (χ0v) is 20.0. The zero-order valence-electron chi connectivity index (χ0n) is 20.0. The van der Waals surface area contributed by atoms with Gasteiger partial charge >= 0.3 is 0 Å². The summed E-state index contributed by atoms with van der Waals surface area (Å²) in [5.41, 5.74) is 3.42. The first-order valence-corrected chi connectivity index (χ1v) is 11.9. The van der Waals surface area contributed by atoms with Crippen LogP contribution in [0.5, 0.6) is 0 Å². The molecule has 1 aromatic carbocycles. The summed E-state index contributed by atoms with van der Waals surface area (Å²) >= 11 is 0. The number of aliphatic imine (C=N–C) groups is 1. The lowest BCUT2D eigenvalue weighted by Crippen LogP contribution is -2.49. The Morgan fingerprint density at radius 1 is 1.22 bits per heavy atom. The highest BCUT2D eigenvalue weighted by Crippen LogP contribution is 2.34. The maximum atomic E-state index is 13.1. The normalized spacial score (nSPS) is 23.5. The molecular weight excluding hydrogens is 398 g/mol. The summed E-state index contributed by atoms with van der Waals surface area (Å²) in [6.07, 6.45) is 7.03. The fourth-order valence-electron chi connectivity index (χ4n) is 5.55. The van der Waals surface area contributed by atoms with Gasteiger partial charge in [-0.15, -0.1) is 0 Å². The van der Waals surface area contributed by atoms with Gasteiger partial charge in [-0.2, -0.15) is 0 Å². The van der Waals surface area contributed by atoms with E-state index in [1.165, 1.54) is 10.9 Å². The second-order valence-electron chi connectivity index (χ2n) is 9.84. The van der Waals surface area contributed by atoms with E-state index in [-0.39, 0.29) is 5.91 Å². The number of benzene rings is 1. The Morgan fingerprint density at radius 2 is 2.00 bits per heavy atom. The van der Waals surface area contributed by atoms with Gasteiger partial charge in [-0.05, 0) is 56.8 Å². The maximum Gasteiger partial charge on any atom is 0.236 e. The number of nitrogens with zero attached hydrogens (tertiary/aromatic N) is 5. The molecule has 0 radical (unpaired) electrons. The van der Waals surface area contributed by atoms with Gasteiger partial charge in [-0.25, -0.2) is 0 Å². The van der Waals surface area contributed by atoms with Crippen LogP contribution in [0.4, 0.5) is 0 Å². The van der Waals surface area contributed by atoms with Gasteiger partial charge < -0.3 is 9.80 Å². The average Bonchev–Trinajstić information content (AvgIpc) is 2.79. The van der Waals surface area contributed by atoms with E-state index in [9.17, 15) is 4.79 Å². The third kappa shape index (κ3) is 5.02. The zero-order chi connectivity index (χ0) is 22.7. The van der Waals surface area contributed by atoms with Crippen molar-refractivity contribution in [1.82, 2.24) is 19.7 Å². The van der Waals surface area contributed by atoms with Crippen LogP contribution in [-0.2, 0) is 4.79 Å². The number of likely N-dealkylation sites (tertiary alicyclic amines) is 2. The van der Waals surface area contributed by atoms with Crippen LogP contribution in [0.25, 0.3) is 10.9 Å². The van der Waals surface area contributed by atoms with Crippen molar-refractivity contribution < 1.29 is 4.79 Å². The molecule has 2 aromatic rings. The molecule has 2 atom stereocenters. The largest absolute Gasteiger partial charge is 0.341 e. The molecule has 2 fully saturated rings. The molecular formula is C26H37N5O. The fraction of sp³-hybridized carbons (Fsp3) is 0.577. The molecule has 0 spiro atoms. The summed E-state index contributed by atoms with van der Waals surface area (Å²) in [5.74, 6) is 1.26. The number of piperidine rings is 2. The van der Waals surface area contributed by atoms with E-state index in [0.29, 0.717) is 24.4 Å². The molecule has 1 amide bonds. The van der Waals surface area contributed by atoms with E-state index in [0.717, 1.165) is 56.5 Å². The molecule has 2 aliphatic rings. The van der Waals surface area contributed by atoms with Crippen LogP contribution >= 0.6 is 0 Å². The SMILES string of the molecule is CN=Cc1ccc([C@@H]2C[C@@H](C)CN(CC(=O)N3CCC(N(C)C)CC3)C2)c2cccnc12. The van der Waals surface area contributed by atoms with Crippen LogP contribution in [0.1, 0.15) is 43.2 Å². The minimum atomic E-state index is 0.288. The van der Waals surface area contributed by atoms with Crippen LogP contribution in [0.15, 0.2) is 35.5 Å². The Labute approximate surface area is 192 Å². The number of hydrogen-bond acceptors (Lipinski definition) is 5. The molecule has 6 nitrogen and oxygen atoms in total. The number of amides is 1. The first-order valence-electron chi connectivity index (χ1n) is 11.9. The maximum absolute atomic E-state index is 13.1. The highest BCUT2D eigenvalue weighted by Gasteiger charge is 2.30. The molecule has 1 aromatic heterocycles. The van der Waals surface area contributed by atoms with Gasteiger partial charge in [0.1, 0.15) is 0 Å². The molecule has 0 N–H and O–H groups in total. The van der Waals surface area contributed by atoms with Gasteiger partial charge in [0.05, 0.1) is 12.1 Å². The number of rotatable bonds is 5. The van der Waals surface area contributed by atoms with Crippen LogP contribution in [0.3, 0.4) is 0 Å². The number of pyridine rings is 1. The first kappa shape index (κ1) is 22.9. The first-order chi connectivity index (χ1) is 15.5. The van der Waals surface area contributed by atoms with Gasteiger partial charge in [-0.1, -0.05) is 25.1 Å². The third-order valence-corrected chi connectivity index (χ3v) is 7.18. The molecule has 32 heavy (non-hydrogen) atoms. The number of carbonyl (C=O) groups excluding carboxylic acids is 1. The third-order valence-electron chi connectivity index (χ3n) is 7.18. The highest BCUT2D eigenvalue weighted by atomic mass is 16.2. The van der Waals surface area contributed by atoms with Crippen molar-refractivity contribution in [2.75, 3.05) is 53.9 Å². The smallest absolute Gasteiger partial charge is 0.236 e. The molecule has 4 rings (SSSR count). The summed E-state index contributed by atoms with van der Waals surface area (Å²) in [7, 11) is 6.07. The number of fused-ring (bicyclic) bond motifs is 1. The summed E-state index contributed by atoms with van der Waals surface area (Å²) < 4.78 is 0. The van der Waals surface area contributed by atoms with Crippen molar-refractivity contribution in [2.45, 2.75) is 38.1 Å². The second-order valence-corrected chi connectivity index (χ2v) is 9.84.